The van der Waals surface area contributed by atoms with Crippen LogP contribution in [0.25, 0.3) is 0 Å². The first kappa shape index (κ1) is 22.5. The van der Waals surface area contributed by atoms with Gasteiger partial charge in [-0.25, -0.2) is 8.42 Å². The van der Waals surface area contributed by atoms with Crippen LogP contribution >= 0.6 is 15.9 Å². The third-order valence-corrected chi connectivity index (χ3v) is 7.50. The number of nitrogens with zero attached hydrogens (tertiary/aromatic N) is 1. The Morgan fingerprint density at radius 1 is 1.13 bits per heavy atom. The van der Waals surface area contributed by atoms with Crippen LogP contribution < -0.4 is 10.6 Å². The largest absolute Gasteiger partial charge is 0.343 e. The molecule has 160 valence electrons. The van der Waals surface area contributed by atoms with Crippen LogP contribution in [0.1, 0.15) is 30.1 Å². The van der Waals surface area contributed by atoms with Crippen LogP contribution in [0.2, 0.25) is 0 Å². The van der Waals surface area contributed by atoms with Gasteiger partial charge in [0.25, 0.3) is 5.91 Å². The highest BCUT2D eigenvalue weighted by molar-refractivity contribution is 9.10. The Kier molecular flexibility index (Phi) is 7.27. The molecule has 2 N–H and O–H groups in total. The predicted octanol–water partition coefficient (Wildman–Crippen LogP) is 3.24. The minimum Gasteiger partial charge on any atom is -0.343 e. The zero-order chi connectivity index (χ0) is 21.7. The number of anilines is 1. The molecular formula is C21H24BrN3O4S. The normalized spacial score (nSPS) is 17.3. The average Bonchev–Trinajstić information content (AvgIpc) is 2.74. The van der Waals surface area contributed by atoms with Crippen LogP contribution in [0.15, 0.2) is 57.9 Å². The standard InChI is InChI=1S/C21H24BrN3O4S/c1-15-5-4-12-25(14-15)30(28,29)17-10-8-16(9-11-17)21(27)23-13-20(26)24-19-7-3-2-6-18(19)22/h2-3,6-11,15H,4-5,12-14H2,1H3,(H,23,27)(H,24,26)/t15-/m1/s1. The summed E-state index contributed by atoms with van der Waals surface area (Å²) in [5.74, 6) is -0.484. The van der Waals surface area contributed by atoms with E-state index in [1.54, 1.807) is 18.2 Å². The fraction of sp³-hybridized carbons (Fsp3) is 0.333. The maximum absolute atomic E-state index is 12.8. The van der Waals surface area contributed by atoms with Crippen LogP contribution in [-0.4, -0.2) is 44.2 Å². The summed E-state index contributed by atoms with van der Waals surface area (Å²) >= 11 is 3.34. The summed E-state index contributed by atoms with van der Waals surface area (Å²) in [5, 5.41) is 5.24. The van der Waals surface area contributed by atoms with E-state index < -0.39 is 15.9 Å². The maximum atomic E-state index is 12.8. The van der Waals surface area contributed by atoms with E-state index in [-0.39, 0.29) is 22.9 Å². The van der Waals surface area contributed by atoms with Crippen molar-refractivity contribution in [3.05, 3.63) is 58.6 Å². The smallest absolute Gasteiger partial charge is 0.251 e. The van der Waals surface area contributed by atoms with E-state index in [1.807, 2.05) is 13.0 Å². The first-order valence-corrected chi connectivity index (χ1v) is 11.9. The Balaban J connectivity index is 1.58. The van der Waals surface area contributed by atoms with Crippen molar-refractivity contribution in [2.75, 3.05) is 25.0 Å². The first-order valence-electron chi connectivity index (χ1n) is 9.70. The minimum atomic E-state index is -3.57. The number of benzene rings is 2. The first-order chi connectivity index (χ1) is 14.3. The molecule has 1 atom stereocenters. The highest BCUT2D eigenvalue weighted by atomic mass is 79.9. The number of para-hydroxylation sites is 1. The van der Waals surface area contributed by atoms with E-state index in [4.69, 9.17) is 0 Å². The quantitative estimate of drug-likeness (QED) is 0.645. The van der Waals surface area contributed by atoms with Crippen molar-refractivity contribution in [2.24, 2.45) is 5.92 Å². The van der Waals surface area contributed by atoms with Gasteiger partial charge in [0.2, 0.25) is 15.9 Å². The number of hydrogen-bond donors (Lipinski definition) is 2. The highest BCUT2D eigenvalue weighted by Crippen LogP contribution is 2.24. The van der Waals surface area contributed by atoms with Crippen molar-refractivity contribution in [3.8, 4) is 0 Å². The molecule has 0 spiro atoms. The second kappa shape index (κ2) is 9.72. The Morgan fingerprint density at radius 2 is 1.83 bits per heavy atom. The lowest BCUT2D eigenvalue weighted by Gasteiger charge is -2.30. The van der Waals surface area contributed by atoms with Crippen molar-refractivity contribution >= 4 is 43.5 Å². The molecule has 30 heavy (non-hydrogen) atoms. The predicted molar refractivity (Wildman–Crippen MR) is 119 cm³/mol. The Labute approximate surface area is 185 Å². The monoisotopic (exact) mass is 493 g/mol. The number of sulfonamides is 1. The molecule has 0 aliphatic carbocycles. The van der Waals surface area contributed by atoms with E-state index in [0.717, 1.165) is 17.3 Å². The number of carbonyl (C=O) groups is 2. The molecule has 1 heterocycles. The molecule has 0 unspecified atom stereocenters. The van der Waals surface area contributed by atoms with Gasteiger partial charge in [0.15, 0.2) is 0 Å². The number of hydrogen-bond acceptors (Lipinski definition) is 4. The van der Waals surface area contributed by atoms with Crippen molar-refractivity contribution in [3.63, 3.8) is 0 Å². The lowest BCUT2D eigenvalue weighted by molar-refractivity contribution is -0.115. The minimum absolute atomic E-state index is 0.167. The molecule has 3 rings (SSSR count). The molecule has 0 radical (unpaired) electrons. The summed E-state index contributed by atoms with van der Waals surface area (Å²) in [7, 11) is -3.57. The molecule has 2 amide bonds. The number of amides is 2. The van der Waals surface area contributed by atoms with Gasteiger partial charge in [0.1, 0.15) is 0 Å². The zero-order valence-electron chi connectivity index (χ0n) is 16.6. The van der Waals surface area contributed by atoms with Crippen LogP contribution in [0, 0.1) is 5.92 Å². The molecule has 1 aliphatic heterocycles. The molecule has 0 saturated carbocycles. The average molecular weight is 494 g/mol. The van der Waals surface area contributed by atoms with E-state index in [1.165, 1.54) is 28.6 Å². The molecular weight excluding hydrogens is 470 g/mol. The lowest BCUT2D eigenvalue weighted by Crippen LogP contribution is -2.39. The van der Waals surface area contributed by atoms with Crippen LogP contribution in [0.4, 0.5) is 5.69 Å². The second-order valence-electron chi connectivity index (χ2n) is 7.35. The third-order valence-electron chi connectivity index (χ3n) is 4.93. The van der Waals surface area contributed by atoms with Gasteiger partial charge in [-0.3, -0.25) is 9.59 Å². The summed E-state index contributed by atoms with van der Waals surface area (Å²) in [4.78, 5) is 24.5. The van der Waals surface area contributed by atoms with Gasteiger partial charge in [-0.1, -0.05) is 19.1 Å². The van der Waals surface area contributed by atoms with Gasteiger partial charge in [0.05, 0.1) is 17.1 Å². The number of halogens is 1. The number of carbonyl (C=O) groups excluding carboxylic acids is 2. The molecule has 0 aromatic heterocycles. The fourth-order valence-electron chi connectivity index (χ4n) is 3.31. The molecule has 1 saturated heterocycles. The maximum Gasteiger partial charge on any atom is 0.251 e. The van der Waals surface area contributed by atoms with Gasteiger partial charge in [-0.05, 0) is 71.1 Å². The van der Waals surface area contributed by atoms with Crippen LogP contribution in [-0.2, 0) is 14.8 Å². The summed E-state index contributed by atoms with van der Waals surface area (Å²) < 4.78 is 27.8. The van der Waals surface area contributed by atoms with Gasteiger partial charge in [-0.2, -0.15) is 4.31 Å². The molecule has 0 bridgehead atoms. The Bertz CT molecular complexity index is 1020. The van der Waals surface area contributed by atoms with Crippen LogP contribution in [0.5, 0.6) is 0 Å². The summed E-state index contributed by atoms with van der Waals surface area (Å²) in [5.41, 5.74) is 0.896. The molecule has 7 nitrogen and oxygen atoms in total. The molecule has 1 aliphatic rings. The SMILES string of the molecule is C[C@@H]1CCCN(S(=O)(=O)c2ccc(C(=O)NCC(=O)Nc3ccccc3Br)cc2)C1. The molecule has 1 fully saturated rings. The van der Waals surface area contributed by atoms with E-state index in [0.29, 0.717) is 24.7 Å². The van der Waals surface area contributed by atoms with Gasteiger partial charge < -0.3 is 10.6 Å². The van der Waals surface area contributed by atoms with Gasteiger partial charge in [0, 0.05) is 23.1 Å². The van der Waals surface area contributed by atoms with E-state index in [9.17, 15) is 18.0 Å². The second-order valence-corrected chi connectivity index (χ2v) is 10.1. The number of piperidine rings is 1. The van der Waals surface area contributed by atoms with E-state index >= 15 is 0 Å². The van der Waals surface area contributed by atoms with Crippen molar-refractivity contribution in [2.45, 2.75) is 24.7 Å². The lowest BCUT2D eigenvalue weighted by atomic mass is 10.0. The zero-order valence-corrected chi connectivity index (χ0v) is 19.0. The molecule has 9 heteroatoms. The number of nitrogens with one attached hydrogen (secondary N) is 2. The third kappa shape index (κ3) is 5.47. The fourth-order valence-corrected chi connectivity index (χ4v) is 5.29. The molecule has 2 aromatic rings. The van der Waals surface area contributed by atoms with Crippen molar-refractivity contribution in [1.29, 1.82) is 0 Å². The molecule has 2 aromatic carbocycles. The summed E-state index contributed by atoms with van der Waals surface area (Å²) in [6.07, 6.45) is 1.88. The Morgan fingerprint density at radius 3 is 2.50 bits per heavy atom. The highest BCUT2D eigenvalue weighted by Gasteiger charge is 2.28. The van der Waals surface area contributed by atoms with Crippen molar-refractivity contribution < 1.29 is 18.0 Å². The number of rotatable bonds is 6. The van der Waals surface area contributed by atoms with Crippen LogP contribution in [0.3, 0.4) is 0 Å². The van der Waals surface area contributed by atoms with Gasteiger partial charge in [-0.15, -0.1) is 0 Å². The topological polar surface area (TPSA) is 95.6 Å². The summed E-state index contributed by atoms with van der Waals surface area (Å²) in [6.45, 7) is 2.87. The van der Waals surface area contributed by atoms with Gasteiger partial charge >= 0.3 is 0 Å². The van der Waals surface area contributed by atoms with Crippen molar-refractivity contribution in [1.82, 2.24) is 9.62 Å². The Hall–Kier alpha value is -2.23. The van der Waals surface area contributed by atoms with E-state index in [2.05, 4.69) is 26.6 Å². The summed E-state index contributed by atoms with van der Waals surface area (Å²) in [6, 6.07) is 13.0.